The lowest BCUT2D eigenvalue weighted by atomic mass is 10.1. The second-order valence-corrected chi connectivity index (χ2v) is 11.9. The zero-order valence-electron chi connectivity index (χ0n) is 18.8. The van der Waals surface area contributed by atoms with E-state index in [1.54, 1.807) is 24.3 Å². The molecule has 0 radical (unpaired) electrons. The van der Waals surface area contributed by atoms with Gasteiger partial charge in [0.25, 0.3) is 5.56 Å². The first-order valence-corrected chi connectivity index (χ1v) is 14.7. The minimum Gasteiger partial charge on any atom is -0.390 e. The molecule has 1 aromatic carbocycles. The number of aromatic amines is 1. The molecule has 16 nitrogen and oxygen atoms in total. The molecule has 204 valence electrons. The van der Waals surface area contributed by atoms with Crippen LogP contribution in [0.5, 0.6) is 0 Å². The quantitative estimate of drug-likeness (QED) is 0.173. The maximum atomic E-state index is 12.3. The number of aliphatic hydroxyl groups is 1. The van der Waals surface area contributed by atoms with E-state index in [-0.39, 0.29) is 12.0 Å². The van der Waals surface area contributed by atoms with Crippen LogP contribution in [0.1, 0.15) is 29.3 Å². The number of terminal acetylenes is 1. The summed E-state index contributed by atoms with van der Waals surface area (Å²) in [6.45, 7) is -0.931. The van der Waals surface area contributed by atoms with E-state index in [0.717, 1.165) is 10.8 Å². The smallest absolute Gasteiger partial charge is 0.390 e. The Balaban J connectivity index is 1.71. The largest absolute Gasteiger partial charge is 0.490 e. The van der Waals surface area contributed by atoms with Gasteiger partial charge in [-0.3, -0.25) is 18.9 Å². The first-order chi connectivity index (χ1) is 17.6. The number of hydrogen-bond donors (Lipinski definition) is 6. The highest BCUT2D eigenvalue weighted by Gasteiger charge is 2.43. The van der Waals surface area contributed by atoms with Crippen molar-refractivity contribution >= 4 is 23.5 Å². The summed E-state index contributed by atoms with van der Waals surface area (Å²) in [5.41, 5.74) is -0.673. The van der Waals surface area contributed by atoms with E-state index < -0.39 is 59.8 Å². The molecule has 1 saturated heterocycles. The SMILES string of the molecule is C#Cc1ccc(C#Cc2cn([C@H]3C[C@H](O)[C@@H](COP(=O)(O)OP(=O)(O)OP(=O)(O)O)O3)c(=O)[nH]c2=O)cc1. The van der Waals surface area contributed by atoms with Crippen LogP contribution in [-0.4, -0.2) is 53.0 Å². The monoisotopic (exact) mass is 592 g/mol. The van der Waals surface area contributed by atoms with E-state index >= 15 is 0 Å². The molecule has 0 spiro atoms. The highest BCUT2D eigenvalue weighted by molar-refractivity contribution is 7.66. The van der Waals surface area contributed by atoms with Crippen molar-refractivity contribution < 1.29 is 56.3 Å². The molecule has 3 rings (SSSR count). The lowest BCUT2D eigenvalue weighted by Crippen LogP contribution is -2.33. The predicted octanol–water partition coefficient (Wildman–Crippen LogP) is -0.0906. The van der Waals surface area contributed by atoms with Crippen LogP contribution < -0.4 is 11.2 Å². The molecular formula is C19H19N2O14P3. The highest BCUT2D eigenvalue weighted by Crippen LogP contribution is 2.66. The molecule has 19 heteroatoms. The Morgan fingerprint density at radius 1 is 1.03 bits per heavy atom. The van der Waals surface area contributed by atoms with E-state index in [1.165, 1.54) is 0 Å². The molecule has 1 aliphatic heterocycles. The van der Waals surface area contributed by atoms with Gasteiger partial charge in [0, 0.05) is 23.7 Å². The molecule has 0 amide bonds. The van der Waals surface area contributed by atoms with Crippen molar-refractivity contribution in [2.45, 2.75) is 24.9 Å². The molecule has 6 N–H and O–H groups in total. The fourth-order valence-corrected chi connectivity index (χ4v) is 6.11. The summed E-state index contributed by atoms with van der Waals surface area (Å²) in [5, 5.41) is 10.2. The van der Waals surface area contributed by atoms with Crippen LogP contribution in [0, 0.1) is 24.2 Å². The molecule has 0 aliphatic carbocycles. The zero-order chi connectivity index (χ0) is 28.3. The maximum Gasteiger partial charge on any atom is 0.490 e. The fraction of sp³-hybridized carbons (Fsp3) is 0.263. The summed E-state index contributed by atoms with van der Waals surface area (Å²) < 4.78 is 52.0. The summed E-state index contributed by atoms with van der Waals surface area (Å²) in [6, 6.07) is 6.55. The Morgan fingerprint density at radius 3 is 2.26 bits per heavy atom. The van der Waals surface area contributed by atoms with Crippen molar-refractivity contribution in [1.29, 1.82) is 0 Å². The number of rotatable bonds is 8. The lowest BCUT2D eigenvalue weighted by molar-refractivity contribution is -0.0450. The van der Waals surface area contributed by atoms with Gasteiger partial charge in [-0.15, -0.1) is 6.42 Å². The Bertz CT molecular complexity index is 1560. The summed E-state index contributed by atoms with van der Waals surface area (Å²) in [5.74, 6) is 7.79. The molecular weight excluding hydrogens is 573 g/mol. The number of phosphoric ester groups is 1. The second-order valence-electron chi connectivity index (χ2n) is 7.50. The van der Waals surface area contributed by atoms with Gasteiger partial charge in [-0.05, 0) is 24.3 Å². The maximum absolute atomic E-state index is 12.3. The van der Waals surface area contributed by atoms with Gasteiger partial charge in [-0.2, -0.15) is 8.62 Å². The van der Waals surface area contributed by atoms with Gasteiger partial charge in [0.1, 0.15) is 17.9 Å². The molecule has 5 atom stereocenters. The van der Waals surface area contributed by atoms with Crippen LogP contribution in [0.3, 0.4) is 0 Å². The molecule has 0 bridgehead atoms. The van der Waals surface area contributed by atoms with Crippen LogP contribution in [0.15, 0.2) is 40.1 Å². The number of aromatic nitrogens is 2. The molecule has 2 aromatic rings. The molecule has 1 fully saturated rings. The van der Waals surface area contributed by atoms with Gasteiger partial charge in [0.05, 0.1) is 12.7 Å². The van der Waals surface area contributed by atoms with Crippen molar-refractivity contribution in [3.8, 4) is 24.2 Å². The molecule has 1 aromatic heterocycles. The third-order valence-electron chi connectivity index (χ3n) is 4.69. The average molecular weight is 592 g/mol. The first-order valence-electron chi connectivity index (χ1n) is 10.1. The molecule has 38 heavy (non-hydrogen) atoms. The molecule has 0 saturated carbocycles. The number of H-pyrrole nitrogens is 1. The summed E-state index contributed by atoms with van der Waals surface area (Å²) in [4.78, 5) is 62.4. The van der Waals surface area contributed by atoms with Crippen LogP contribution >= 0.6 is 23.5 Å². The topological polar surface area (TPSA) is 244 Å². The van der Waals surface area contributed by atoms with Gasteiger partial charge in [0.2, 0.25) is 0 Å². The predicted molar refractivity (Wildman–Crippen MR) is 126 cm³/mol. The first kappa shape index (κ1) is 29.9. The van der Waals surface area contributed by atoms with Gasteiger partial charge >= 0.3 is 29.2 Å². The van der Waals surface area contributed by atoms with Crippen molar-refractivity contribution in [2.75, 3.05) is 6.61 Å². The summed E-state index contributed by atoms with van der Waals surface area (Å²) in [7, 11) is -16.8. The van der Waals surface area contributed by atoms with Crippen LogP contribution in [0.4, 0.5) is 0 Å². The minimum absolute atomic E-state index is 0.125. The Labute approximate surface area is 213 Å². The van der Waals surface area contributed by atoms with E-state index in [9.17, 15) is 38.2 Å². The van der Waals surface area contributed by atoms with Crippen molar-refractivity contribution in [3.05, 3.63) is 68.0 Å². The summed E-state index contributed by atoms with van der Waals surface area (Å²) in [6.07, 6.45) is 2.16. The minimum atomic E-state index is -5.73. The van der Waals surface area contributed by atoms with Crippen molar-refractivity contribution in [1.82, 2.24) is 9.55 Å². The number of phosphoric acid groups is 3. The van der Waals surface area contributed by atoms with Crippen molar-refractivity contribution in [2.24, 2.45) is 0 Å². The van der Waals surface area contributed by atoms with Crippen LogP contribution in [-0.2, 0) is 31.6 Å². The standard InChI is InChI=1S/C19H19N2O14P3/c1-2-12-3-5-13(6-4-12)7-8-14-10-21(19(24)20-18(14)23)17-9-15(22)16(33-17)11-32-37(28,29)35-38(30,31)34-36(25,26)27/h1,3-6,10,15-17,22H,9,11H2,(H,28,29)(H,30,31)(H,20,23,24)(H2,25,26,27)/t15-,16+,17+/m0/s1. The fourth-order valence-electron chi connectivity index (χ4n) is 3.08. The number of hydrogen-bond acceptors (Lipinski definition) is 10. The average Bonchev–Trinajstić information content (AvgIpc) is 3.15. The normalized spacial score (nSPS) is 22.5. The van der Waals surface area contributed by atoms with E-state index in [0.29, 0.717) is 11.1 Å². The second kappa shape index (κ2) is 11.6. The highest BCUT2D eigenvalue weighted by atomic mass is 31.3. The zero-order valence-corrected chi connectivity index (χ0v) is 21.5. The number of benzene rings is 1. The third-order valence-corrected chi connectivity index (χ3v) is 8.50. The van der Waals surface area contributed by atoms with E-state index in [4.69, 9.17) is 20.9 Å². The van der Waals surface area contributed by atoms with Gasteiger partial charge in [-0.1, -0.05) is 17.8 Å². The van der Waals surface area contributed by atoms with Crippen LogP contribution in [0.25, 0.3) is 0 Å². The Hall–Kier alpha value is -2.65. The molecule has 1 aliphatic rings. The Morgan fingerprint density at radius 2 is 1.66 bits per heavy atom. The summed E-state index contributed by atoms with van der Waals surface area (Å²) >= 11 is 0. The van der Waals surface area contributed by atoms with Crippen molar-refractivity contribution in [3.63, 3.8) is 0 Å². The Kier molecular flexibility index (Phi) is 9.14. The number of nitrogens with one attached hydrogen (secondary N) is 1. The number of nitrogens with zero attached hydrogens (tertiary/aromatic N) is 1. The molecule has 2 heterocycles. The number of ether oxygens (including phenoxy) is 1. The third kappa shape index (κ3) is 8.43. The van der Waals surface area contributed by atoms with Gasteiger partial charge in [-0.25, -0.2) is 18.5 Å². The van der Waals surface area contributed by atoms with Gasteiger partial charge < -0.3 is 29.4 Å². The number of aliphatic hydroxyl groups excluding tert-OH is 1. The van der Waals surface area contributed by atoms with E-state index in [2.05, 4.69) is 35.9 Å². The van der Waals surface area contributed by atoms with E-state index in [1.807, 2.05) is 0 Å². The van der Waals surface area contributed by atoms with Crippen LogP contribution in [0.2, 0.25) is 0 Å². The van der Waals surface area contributed by atoms with Gasteiger partial charge in [0.15, 0.2) is 0 Å². The lowest BCUT2D eigenvalue weighted by Gasteiger charge is -2.19. The molecule has 2 unspecified atom stereocenters.